The first-order valence-corrected chi connectivity index (χ1v) is 11.1. The summed E-state index contributed by atoms with van der Waals surface area (Å²) in [6, 6.07) is 3.26. The van der Waals surface area contributed by atoms with E-state index in [0.717, 1.165) is 51.4 Å². The number of hydrogen-bond donors (Lipinski definition) is 2. The maximum absolute atomic E-state index is 15.6. The number of aromatic nitrogens is 1. The molecule has 3 rings (SSSR count). The number of nitrogens with one attached hydrogen (secondary N) is 1. The molecule has 31 heavy (non-hydrogen) atoms. The number of nitrogens with zero attached hydrogens (tertiary/aromatic N) is 2. The van der Waals surface area contributed by atoms with Crippen LogP contribution in [0.15, 0.2) is 12.1 Å². The van der Waals surface area contributed by atoms with Gasteiger partial charge < -0.3 is 20.1 Å². The second-order valence-electron chi connectivity index (χ2n) is 8.72. The van der Waals surface area contributed by atoms with Gasteiger partial charge in [0.05, 0.1) is 12.3 Å². The molecular formula is C23H34FN3O4. The molecule has 2 N–H and O–H groups in total. The van der Waals surface area contributed by atoms with Crippen molar-refractivity contribution in [3.8, 4) is 5.88 Å². The van der Waals surface area contributed by atoms with Crippen molar-refractivity contribution in [3.05, 3.63) is 17.8 Å². The highest BCUT2D eigenvalue weighted by atomic mass is 19.1. The third kappa shape index (κ3) is 4.93. The minimum atomic E-state index is -2.37. The van der Waals surface area contributed by atoms with Crippen molar-refractivity contribution in [1.29, 1.82) is 0 Å². The van der Waals surface area contributed by atoms with E-state index < -0.39 is 30.0 Å². The van der Waals surface area contributed by atoms with Gasteiger partial charge in [-0.3, -0.25) is 4.79 Å². The van der Waals surface area contributed by atoms with E-state index in [1.165, 1.54) is 13.0 Å². The van der Waals surface area contributed by atoms with Crippen LogP contribution in [0, 0.1) is 5.92 Å². The van der Waals surface area contributed by atoms with Crippen molar-refractivity contribution >= 4 is 17.6 Å². The molecule has 1 saturated heterocycles. The second-order valence-corrected chi connectivity index (χ2v) is 8.72. The summed E-state index contributed by atoms with van der Waals surface area (Å²) in [7, 11) is 0. The smallest absolute Gasteiger partial charge is 0.332 e. The lowest BCUT2D eigenvalue weighted by Crippen LogP contribution is -2.65. The van der Waals surface area contributed by atoms with Gasteiger partial charge in [-0.15, -0.1) is 0 Å². The Morgan fingerprint density at radius 3 is 2.68 bits per heavy atom. The third-order valence-electron chi connectivity index (χ3n) is 6.40. The van der Waals surface area contributed by atoms with Crippen molar-refractivity contribution in [2.75, 3.05) is 24.6 Å². The summed E-state index contributed by atoms with van der Waals surface area (Å²) < 4.78 is 36.2. The fraction of sp³-hybridized carbons (Fsp3) is 0.696. The molecule has 1 aromatic rings. The molecule has 7 nitrogen and oxygen atoms in total. The van der Waals surface area contributed by atoms with Crippen molar-refractivity contribution in [2.24, 2.45) is 5.92 Å². The summed E-state index contributed by atoms with van der Waals surface area (Å²) in [4.78, 5) is 31.8. The summed E-state index contributed by atoms with van der Waals surface area (Å²) in [6.45, 7) is 3.55. The fourth-order valence-corrected chi connectivity index (χ4v) is 4.10. The van der Waals surface area contributed by atoms with Crippen LogP contribution in [0.4, 0.5) is 10.1 Å². The molecule has 2 fully saturated rings. The molecule has 1 amide bonds. The minimum Gasteiger partial charge on any atom is -0.479 e. The van der Waals surface area contributed by atoms with E-state index in [4.69, 9.17) is 7.48 Å². The lowest BCUT2D eigenvalue weighted by Gasteiger charge is -2.40. The van der Waals surface area contributed by atoms with Gasteiger partial charge in [0.2, 0.25) is 5.88 Å². The number of halogens is 1. The number of carbonyl (C=O) groups is 2. The van der Waals surface area contributed by atoms with Crippen molar-refractivity contribution in [3.63, 3.8) is 0 Å². The Morgan fingerprint density at radius 1 is 1.39 bits per heavy atom. The van der Waals surface area contributed by atoms with E-state index in [9.17, 15) is 14.7 Å². The number of anilines is 1. The number of carboxylic acid groups (broad SMARTS) is 1. The zero-order chi connectivity index (χ0) is 24.2. The number of carboxylic acids is 1. The molecular weight excluding hydrogens is 401 g/mol. The van der Waals surface area contributed by atoms with Crippen LogP contribution in [-0.4, -0.2) is 52.9 Å². The summed E-state index contributed by atoms with van der Waals surface area (Å²) >= 11 is 0. The van der Waals surface area contributed by atoms with E-state index in [1.807, 2.05) is 0 Å². The lowest BCUT2D eigenvalue weighted by molar-refractivity contribution is -0.152. The molecule has 1 aliphatic carbocycles. The largest absolute Gasteiger partial charge is 0.479 e. The van der Waals surface area contributed by atoms with E-state index >= 15 is 4.39 Å². The number of ether oxygens (including phenoxy) is 1. The number of pyridine rings is 1. The number of hydrogen-bond acceptors (Lipinski definition) is 5. The predicted octanol–water partition coefficient (Wildman–Crippen LogP) is 3.96. The summed E-state index contributed by atoms with van der Waals surface area (Å²) in [5.74, 6) is -1.49. The number of amides is 1. The Bertz CT molecular complexity index is 860. The Labute approximate surface area is 186 Å². The van der Waals surface area contributed by atoms with Gasteiger partial charge in [0.15, 0.2) is 5.54 Å². The van der Waals surface area contributed by atoms with Gasteiger partial charge in [-0.25, -0.2) is 14.2 Å². The molecule has 172 valence electrons. The van der Waals surface area contributed by atoms with E-state index in [0.29, 0.717) is 18.4 Å². The molecule has 0 radical (unpaired) electrons. The van der Waals surface area contributed by atoms with Crippen LogP contribution in [-0.2, 0) is 4.79 Å². The third-order valence-corrected chi connectivity index (χ3v) is 6.40. The van der Waals surface area contributed by atoms with E-state index in [1.54, 1.807) is 6.07 Å². The molecule has 0 bridgehead atoms. The second kappa shape index (κ2) is 9.40. The maximum atomic E-state index is 15.6. The monoisotopic (exact) mass is 437 g/mol. The van der Waals surface area contributed by atoms with Gasteiger partial charge in [0.1, 0.15) is 11.4 Å². The first-order valence-electron chi connectivity index (χ1n) is 12.2. The highest BCUT2D eigenvalue weighted by Crippen LogP contribution is 2.36. The van der Waals surface area contributed by atoms with Crippen molar-refractivity contribution < 1.29 is 26.6 Å². The van der Waals surface area contributed by atoms with Gasteiger partial charge in [-0.1, -0.05) is 20.2 Å². The van der Waals surface area contributed by atoms with Crippen LogP contribution in [0.2, 0.25) is 0 Å². The van der Waals surface area contributed by atoms with Crippen LogP contribution in [0.25, 0.3) is 0 Å². The molecule has 0 aromatic carbocycles. The Balaban J connectivity index is 1.86. The van der Waals surface area contributed by atoms with Gasteiger partial charge in [0, 0.05) is 15.8 Å². The Hall–Kier alpha value is -2.38. The molecule has 1 aromatic heterocycles. The fourth-order valence-electron chi connectivity index (χ4n) is 4.10. The van der Waals surface area contributed by atoms with Crippen LogP contribution in [0.3, 0.4) is 0 Å². The molecule has 2 heterocycles. The highest BCUT2D eigenvalue weighted by Gasteiger charge is 2.54. The lowest BCUT2D eigenvalue weighted by atomic mass is 9.77. The predicted molar refractivity (Wildman–Crippen MR) is 116 cm³/mol. The van der Waals surface area contributed by atoms with Gasteiger partial charge in [0.25, 0.3) is 5.91 Å². The van der Waals surface area contributed by atoms with Crippen LogP contribution >= 0.6 is 0 Å². The molecule has 8 heteroatoms. The number of carbonyl (C=O) groups excluding carboxylic acids is 1. The normalized spacial score (nSPS) is 21.1. The van der Waals surface area contributed by atoms with E-state index in [2.05, 4.69) is 15.2 Å². The first kappa shape index (κ1) is 20.5. The standard InChI is InChI=1S/C23H34FN3O4/c1-4-12-22(3,24)23(5-2,21(29)30)26-19(28)17-10-11-18(27-13-6-7-14-27)20(25-17)31-15-16-8-9-16/h10-11,16H,4-9,12-15H2,1-3H3,(H,26,28)(H,29,30)/i1D2. The van der Waals surface area contributed by atoms with Crippen molar-refractivity contribution in [1.82, 2.24) is 10.3 Å². The SMILES string of the molecule is [2H]C([2H])CCC(C)(F)C(CC)(NC(=O)c1ccc(N2CCCC2)c(OCC2CC2)n1)C(=O)O. The number of alkyl halides is 1. The average molecular weight is 438 g/mol. The number of rotatable bonds is 11. The molecule has 2 aliphatic rings. The zero-order valence-electron chi connectivity index (χ0n) is 20.3. The zero-order valence-corrected chi connectivity index (χ0v) is 18.3. The van der Waals surface area contributed by atoms with Gasteiger partial charge >= 0.3 is 5.97 Å². The summed E-state index contributed by atoms with van der Waals surface area (Å²) in [5.41, 5.74) is -3.83. The Kier molecular flexibility index (Phi) is 6.22. The maximum Gasteiger partial charge on any atom is 0.332 e. The van der Waals surface area contributed by atoms with Crippen LogP contribution in [0.1, 0.15) is 78.9 Å². The quantitative estimate of drug-likeness (QED) is 0.544. The molecule has 1 saturated carbocycles. The molecule has 2 unspecified atom stereocenters. The summed E-state index contributed by atoms with van der Waals surface area (Å²) in [5, 5.41) is 12.3. The minimum absolute atomic E-state index is 0.0440. The molecule has 1 aliphatic heterocycles. The first-order chi connectivity index (χ1) is 15.6. The Morgan fingerprint density at radius 2 is 2.10 bits per heavy atom. The molecule has 2 atom stereocenters. The van der Waals surface area contributed by atoms with E-state index in [-0.39, 0.29) is 25.0 Å². The topological polar surface area (TPSA) is 91.8 Å². The van der Waals surface area contributed by atoms with Gasteiger partial charge in [-0.2, -0.15) is 0 Å². The highest BCUT2D eigenvalue weighted by molar-refractivity contribution is 5.97. The van der Waals surface area contributed by atoms with Crippen LogP contribution in [0.5, 0.6) is 5.88 Å². The number of aliphatic carboxylic acids is 1. The summed E-state index contributed by atoms with van der Waals surface area (Å²) in [6.07, 6.45) is 3.62. The molecule has 0 spiro atoms. The van der Waals surface area contributed by atoms with Crippen LogP contribution < -0.4 is 15.0 Å². The average Bonchev–Trinajstić information content (AvgIpc) is 3.45. The van der Waals surface area contributed by atoms with Crippen molar-refractivity contribution in [2.45, 2.75) is 76.9 Å². The van der Waals surface area contributed by atoms with Gasteiger partial charge in [-0.05, 0) is 63.5 Å².